The number of thiophene rings is 1. The lowest BCUT2D eigenvalue weighted by atomic mass is 10.1. The Morgan fingerprint density at radius 2 is 2.17 bits per heavy atom. The molecule has 2 N–H and O–H groups in total. The van der Waals surface area contributed by atoms with E-state index in [1.54, 1.807) is 24.3 Å². The second-order valence-corrected chi connectivity index (χ2v) is 6.81. The van der Waals surface area contributed by atoms with E-state index in [0.29, 0.717) is 18.0 Å². The Balaban J connectivity index is 1.67. The Morgan fingerprint density at radius 1 is 1.35 bits per heavy atom. The molecule has 1 atom stereocenters. The van der Waals surface area contributed by atoms with Gasteiger partial charge in [0.1, 0.15) is 5.82 Å². The Kier molecular flexibility index (Phi) is 4.88. The second kappa shape index (κ2) is 7.06. The van der Waals surface area contributed by atoms with Gasteiger partial charge in [0.25, 0.3) is 0 Å². The average molecular weight is 330 g/mol. The highest BCUT2D eigenvalue weighted by atomic mass is 32.1. The van der Waals surface area contributed by atoms with Gasteiger partial charge in [0, 0.05) is 34.5 Å². The van der Waals surface area contributed by atoms with Crippen LogP contribution in [-0.4, -0.2) is 30.4 Å². The number of nitrogens with two attached hydrogens (primary N) is 1. The molecule has 1 aliphatic rings. The number of carbonyl (C=O) groups excluding carboxylic acids is 1. The SMILES string of the molecule is NCC1CCN(C(=O)/C=C/c2ccc(-c3ccccc3F)s2)C1. The van der Waals surface area contributed by atoms with Crippen LogP contribution in [0.3, 0.4) is 0 Å². The summed E-state index contributed by atoms with van der Waals surface area (Å²) in [5.41, 5.74) is 6.24. The average Bonchev–Trinajstić information content (AvgIpc) is 3.22. The molecule has 23 heavy (non-hydrogen) atoms. The van der Waals surface area contributed by atoms with Crippen LogP contribution >= 0.6 is 11.3 Å². The number of carbonyl (C=O) groups is 1. The number of rotatable bonds is 4. The molecule has 120 valence electrons. The first kappa shape index (κ1) is 15.9. The van der Waals surface area contributed by atoms with E-state index in [9.17, 15) is 9.18 Å². The lowest BCUT2D eigenvalue weighted by Crippen LogP contribution is -2.28. The topological polar surface area (TPSA) is 46.3 Å². The van der Waals surface area contributed by atoms with Crippen molar-refractivity contribution in [3.63, 3.8) is 0 Å². The molecule has 3 rings (SSSR count). The van der Waals surface area contributed by atoms with Crippen molar-refractivity contribution in [2.45, 2.75) is 6.42 Å². The molecule has 1 aromatic carbocycles. The molecule has 1 fully saturated rings. The summed E-state index contributed by atoms with van der Waals surface area (Å²) >= 11 is 1.47. The van der Waals surface area contributed by atoms with Crippen LogP contribution in [0.2, 0.25) is 0 Å². The monoisotopic (exact) mass is 330 g/mol. The molecule has 0 bridgehead atoms. The smallest absolute Gasteiger partial charge is 0.246 e. The Labute approximate surface area is 139 Å². The first-order valence-corrected chi connectivity index (χ1v) is 8.51. The Hall–Kier alpha value is -1.98. The zero-order valence-electron chi connectivity index (χ0n) is 12.7. The van der Waals surface area contributed by atoms with Crippen LogP contribution in [0, 0.1) is 11.7 Å². The normalized spacial score (nSPS) is 18.0. The van der Waals surface area contributed by atoms with Gasteiger partial charge >= 0.3 is 0 Å². The number of hydrogen-bond acceptors (Lipinski definition) is 3. The van der Waals surface area contributed by atoms with Gasteiger partial charge in [0.05, 0.1) is 0 Å². The first-order chi connectivity index (χ1) is 11.2. The summed E-state index contributed by atoms with van der Waals surface area (Å²) in [5.74, 6) is 0.203. The van der Waals surface area contributed by atoms with Gasteiger partial charge in [0.15, 0.2) is 0 Å². The van der Waals surface area contributed by atoms with E-state index in [0.717, 1.165) is 29.3 Å². The molecule has 0 spiro atoms. The van der Waals surface area contributed by atoms with Crippen LogP contribution in [0.4, 0.5) is 4.39 Å². The molecular weight excluding hydrogens is 311 g/mol. The molecule has 0 aliphatic carbocycles. The van der Waals surface area contributed by atoms with Gasteiger partial charge < -0.3 is 10.6 Å². The molecule has 1 unspecified atom stereocenters. The molecule has 1 aliphatic heterocycles. The van der Waals surface area contributed by atoms with Gasteiger partial charge in [-0.15, -0.1) is 11.3 Å². The van der Waals surface area contributed by atoms with Crippen LogP contribution in [0.25, 0.3) is 16.5 Å². The molecule has 5 heteroatoms. The van der Waals surface area contributed by atoms with E-state index in [-0.39, 0.29) is 11.7 Å². The van der Waals surface area contributed by atoms with E-state index in [1.807, 2.05) is 23.1 Å². The minimum absolute atomic E-state index is 0.0155. The molecule has 1 saturated heterocycles. The van der Waals surface area contributed by atoms with E-state index < -0.39 is 0 Å². The van der Waals surface area contributed by atoms with Crippen molar-refractivity contribution in [1.29, 1.82) is 0 Å². The fourth-order valence-electron chi connectivity index (χ4n) is 2.73. The number of benzene rings is 1. The van der Waals surface area contributed by atoms with Gasteiger partial charge in [0.2, 0.25) is 5.91 Å². The van der Waals surface area contributed by atoms with E-state index in [1.165, 1.54) is 17.4 Å². The zero-order valence-corrected chi connectivity index (χ0v) is 13.6. The third-order valence-corrected chi connectivity index (χ3v) is 5.17. The molecule has 1 amide bonds. The van der Waals surface area contributed by atoms with Gasteiger partial charge in [-0.3, -0.25) is 4.79 Å². The predicted molar refractivity (Wildman–Crippen MR) is 92.5 cm³/mol. The van der Waals surface area contributed by atoms with Crippen molar-refractivity contribution in [3.05, 3.63) is 53.2 Å². The van der Waals surface area contributed by atoms with Crippen molar-refractivity contribution in [2.75, 3.05) is 19.6 Å². The minimum Gasteiger partial charge on any atom is -0.339 e. The maximum Gasteiger partial charge on any atom is 0.246 e. The first-order valence-electron chi connectivity index (χ1n) is 7.69. The molecule has 1 aromatic heterocycles. The lowest BCUT2D eigenvalue weighted by Gasteiger charge is -2.13. The number of hydrogen-bond donors (Lipinski definition) is 1. The van der Waals surface area contributed by atoms with Crippen molar-refractivity contribution in [2.24, 2.45) is 11.7 Å². The van der Waals surface area contributed by atoms with Crippen LogP contribution in [0.1, 0.15) is 11.3 Å². The van der Waals surface area contributed by atoms with E-state index >= 15 is 0 Å². The molecule has 3 nitrogen and oxygen atoms in total. The Morgan fingerprint density at radius 3 is 2.91 bits per heavy atom. The summed E-state index contributed by atoms with van der Waals surface area (Å²) in [7, 11) is 0. The number of nitrogens with zero attached hydrogens (tertiary/aromatic N) is 1. The third-order valence-electron chi connectivity index (χ3n) is 4.09. The highest BCUT2D eigenvalue weighted by molar-refractivity contribution is 7.16. The van der Waals surface area contributed by atoms with Crippen LogP contribution < -0.4 is 5.73 Å². The van der Waals surface area contributed by atoms with Crippen LogP contribution in [0.15, 0.2) is 42.5 Å². The number of likely N-dealkylation sites (tertiary alicyclic amines) is 1. The maximum absolute atomic E-state index is 13.8. The van der Waals surface area contributed by atoms with Gasteiger partial charge in [-0.2, -0.15) is 0 Å². The quantitative estimate of drug-likeness (QED) is 0.874. The summed E-state index contributed by atoms with van der Waals surface area (Å²) in [5, 5.41) is 0. The van der Waals surface area contributed by atoms with Crippen molar-refractivity contribution >= 4 is 23.3 Å². The predicted octanol–water partition coefficient (Wildman–Crippen LogP) is 3.37. The standard InChI is InChI=1S/C18H19FN2OS/c19-16-4-2-1-3-15(16)17-7-5-14(23-17)6-8-18(22)21-10-9-13(11-20)12-21/h1-8,13H,9-12,20H2/b8-6+. The molecule has 0 saturated carbocycles. The lowest BCUT2D eigenvalue weighted by molar-refractivity contribution is -0.125. The Bertz CT molecular complexity index is 725. The van der Waals surface area contributed by atoms with Crippen molar-refractivity contribution in [1.82, 2.24) is 4.90 Å². The zero-order chi connectivity index (χ0) is 16.2. The van der Waals surface area contributed by atoms with Gasteiger partial charge in [-0.25, -0.2) is 4.39 Å². The highest BCUT2D eigenvalue weighted by Gasteiger charge is 2.23. The summed E-state index contributed by atoms with van der Waals surface area (Å²) in [4.78, 5) is 15.8. The van der Waals surface area contributed by atoms with Crippen molar-refractivity contribution in [3.8, 4) is 10.4 Å². The van der Waals surface area contributed by atoms with Crippen LogP contribution in [-0.2, 0) is 4.79 Å². The molecule has 0 radical (unpaired) electrons. The summed E-state index contributed by atoms with van der Waals surface area (Å²) in [6.45, 7) is 2.14. The van der Waals surface area contributed by atoms with Gasteiger partial charge in [-0.1, -0.05) is 18.2 Å². The fraction of sp³-hybridized carbons (Fsp3) is 0.278. The second-order valence-electron chi connectivity index (χ2n) is 5.69. The highest BCUT2D eigenvalue weighted by Crippen LogP contribution is 2.30. The molecule has 2 heterocycles. The van der Waals surface area contributed by atoms with Gasteiger partial charge in [-0.05, 0) is 43.2 Å². The van der Waals surface area contributed by atoms with E-state index in [4.69, 9.17) is 5.73 Å². The third kappa shape index (κ3) is 3.68. The number of halogens is 1. The van der Waals surface area contributed by atoms with Crippen molar-refractivity contribution < 1.29 is 9.18 Å². The molecule has 2 aromatic rings. The largest absolute Gasteiger partial charge is 0.339 e. The number of amides is 1. The maximum atomic E-state index is 13.8. The fourth-order valence-corrected chi connectivity index (χ4v) is 3.67. The minimum atomic E-state index is -0.231. The molecular formula is C18H19FN2OS. The van der Waals surface area contributed by atoms with Crippen LogP contribution in [0.5, 0.6) is 0 Å². The summed E-state index contributed by atoms with van der Waals surface area (Å²) in [6, 6.07) is 10.5. The summed E-state index contributed by atoms with van der Waals surface area (Å²) < 4.78 is 13.8. The summed E-state index contributed by atoms with van der Waals surface area (Å²) in [6.07, 6.45) is 4.37. The van der Waals surface area contributed by atoms with E-state index in [2.05, 4.69) is 0 Å².